The van der Waals surface area contributed by atoms with E-state index in [0.717, 1.165) is 19.0 Å². The van der Waals surface area contributed by atoms with Crippen molar-refractivity contribution in [1.29, 1.82) is 0 Å². The lowest BCUT2D eigenvalue weighted by Gasteiger charge is -2.58. The fourth-order valence-electron chi connectivity index (χ4n) is 3.78. The van der Waals surface area contributed by atoms with E-state index < -0.39 is 0 Å². The van der Waals surface area contributed by atoms with Gasteiger partial charge in [-0.25, -0.2) is 0 Å². The Labute approximate surface area is 99.5 Å². The summed E-state index contributed by atoms with van der Waals surface area (Å²) in [6.45, 7) is 8.64. The second kappa shape index (κ2) is 4.63. The third kappa shape index (κ3) is 1.79. The molecule has 2 rings (SSSR count). The molecule has 3 atom stereocenters. The van der Waals surface area contributed by atoms with Gasteiger partial charge in [-0.3, -0.25) is 4.90 Å². The molecule has 1 aliphatic carbocycles. The smallest absolute Gasteiger partial charge is 0.0190 e. The van der Waals surface area contributed by atoms with Crippen LogP contribution in [0.2, 0.25) is 0 Å². The summed E-state index contributed by atoms with van der Waals surface area (Å²) in [5.41, 5.74) is 12.4. The molecule has 0 amide bonds. The largest absolute Gasteiger partial charge is 0.330 e. The average Bonchev–Trinajstić information content (AvgIpc) is 2.24. The van der Waals surface area contributed by atoms with Gasteiger partial charge in [0.05, 0.1) is 0 Å². The fourth-order valence-corrected chi connectivity index (χ4v) is 3.78. The molecule has 3 heteroatoms. The molecule has 0 aromatic carbocycles. The van der Waals surface area contributed by atoms with Crippen molar-refractivity contribution < 1.29 is 0 Å². The molecule has 4 N–H and O–H groups in total. The van der Waals surface area contributed by atoms with Gasteiger partial charge in [0, 0.05) is 25.7 Å². The molecule has 1 aliphatic heterocycles. The van der Waals surface area contributed by atoms with Crippen LogP contribution in [0.1, 0.15) is 33.1 Å². The second-order valence-electron chi connectivity index (χ2n) is 5.96. The van der Waals surface area contributed by atoms with Crippen molar-refractivity contribution in [3.05, 3.63) is 0 Å². The molecule has 16 heavy (non-hydrogen) atoms. The molecule has 0 bridgehead atoms. The van der Waals surface area contributed by atoms with Gasteiger partial charge in [-0.1, -0.05) is 13.3 Å². The zero-order valence-electron chi connectivity index (χ0n) is 10.8. The fraction of sp³-hybridized carbons (Fsp3) is 1.00. The molecule has 1 saturated carbocycles. The van der Waals surface area contributed by atoms with E-state index in [0.29, 0.717) is 17.4 Å². The molecule has 1 heterocycles. The van der Waals surface area contributed by atoms with E-state index in [9.17, 15) is 0 Å². The van der Waals surface area contributed by atoms with Crippen LogP contribution in [-0.4, -0.2) is 37.1 Å². The lowest BCUT2D eigenvalue weighted by atomic mass is 9.53. The van der Waals surface area contributed by atoms with Gasteiger partial charge in [-0.15, -0.1) is 0 Å². The Kier molecular flexibility index (Phi) is 3.57. The quantitative estimate of drug-likeness (QED) is 0.754. The number of likely N-dealkylation sites (tertiary alicyclic amines) is 1. The second-order valence-corrected chi connectivity index (χ2v) is 5.96. The van der Waals surface area contributed by atoms with Crippen LogP contribution in [0.25, 0.3) is 0 Å². The van der Waals surface area contributed by atoms with Gasteiger partial charge < -0.3 is 11.5 Å². The van der Waals surface area contributed by atoms with E-state index >= 15 is 0 Å². The molecular formula is C13H27N3. The first-order valence-corrected chi connectivity index (χ1v) is 6.78. The highest BCUT2D eigenvalue weighted by molar-refractivity contribution is 5.02. The third-order valence-electron chi connectivity index (χ3n) is 5.29. The highest BCUT2D eigenvalue weighted by Gasteiger charge is 2.50. The maximum Gasteiger partial charge on any atom is 0.0190 e. The Hall–Kier alpha value is -0.120. The van der Waals surface area contributed by atoms with E-state index in [4.69, 9.17) is 11.5 Å². The zero-order valence-corrected chi connectivity index (χ0v) is 10.8. The zero-order chi connectivity index (χ0) is 11.8. The van der Waals surface area contributed by atoms with Gasteiger partial charge >= 0.3 is 0 Å². The van der Waals surface area contributed by atoms with Crippen LogP contribution in [0.15, 0.2) is 0 Å². The van der Waals surface area contributed by atoms with Crippen LogP contribution in [0.4, 0.5) is 0 Å². The van der Waals surface area contributed by atoms with Gasteiger partial charge in [0.1, 0.15) is 0 Å². The summed E-state index contributed by atoms with van der Waals surface area (Å²) in [6.07, 6.45) is 4.22. The van der Waals surface area contributed by atoms with E-state index in [-0.39, 0.29) is 0 Å². The van der Waals surface area contributed by atoms with Crippen molar-refractivity contribution in [2.45, 2.75) is 39.2 Å². The summed E-state index contributed by atoms with van der Waals surface area (Å²) in [7, 11) is 0. The van der Waals surface area contributed by atoms with Gasteiger partial charge in [-0.05, 0) is 43.6 Å². The number of rotatable bonds is 3. The molecule has 0 aromatic heterocycles. The summed E-state index contributed by atoms with van der Waals surface area (Å²) < 4.78 is 0. The Bertz CT molecular complexity index is 237. The van der Waals surface area contributed by atoms with Crippen molar-refractivity contribution in [3.8, 4) is 0 Å². The van der Waals surface area contributed by atoms with Crippen molar-refractivity contribution >= 4 is 0 Å². The topological polar surface area (TPSA) is 55.3 Å². The standard InChI is InChI=1S/C13H27N3/c1-10-8-16(11(2)6-14)9-12(7-15)13(10)4-3-5-13/h10-12H,3-9,14-15H2,1-2H3. The highest BCUT2D eigenvalue weighted by Crippen LogP contribution is 2.54. The summed E-state index contributed by atoms with van der Waals surface area (Å²) in [5.74, 6) is 1.48. The van der Waals surface area contributed by atoms with E-state index in [1.807, 2.05) is 0 Å². The van der Waals surface area contributed by atoms with Gasteiger partial charge in [0.25, 0.3) is 0 Å². The van der Waals surface area contributed by atoms with Crippen LogP contribution < -0.4 is 11.5 Å². The molecule has 0 aromatic rings. The summed E-state index contributed by atoms with van der Waals surface area (Å²) in [4.78, 5) is 2.55. The van der Waals surface area contributed by atoms with Crippen LogP contribution in [0.5, 0.6) is 0 Å². The normalized spacial score (nSPS) is 36.0. The lowest BCUT2D eigenvalue weighted by molar-refractivity contribution is -0.0812. The first-order valence-electron chi connectivity index (χ1n) is 6.78. The molecular weight excluding hydrogens is 198 g/mol. The molecule has 1 saturated heterocycles. The number of hydrogen-bond donors (Lipinski definition) is 2. The number of piperidine rings is 1. The van der Waals surface area contributed by atoms with Crippen molar-refractivity contribution in [2.75, 3.05) is 26.2 Å². The molecule has 94 valence electrons. The van der Waals surface area contributed by atoms with Crippen LogP contribution in [0, 0.1) is 17.3 Å². The van der Waals surface area contributed by atoms with Crippen molar-refractivity contribution in [2.24, 2.45) is 28.7 Å². The summed E-state index contributed by atoms with van der Waals surface area (Å²) >= 11 is 0. The molecule has 1 spiro atoms. The SMILES string of the molecule is CC(CN)N1CC(C)C2(CCC2)C(CN)C1. The van der Waals surface area contributed by atoms with Crippen LogP contribution >= 0.6 is 0 Å². The van der Waals surface area contributed by atoms with Gasteiger partial charge in [0.2, 0.25) is 0 Å². The monoisotopic (exact) mass is 225 g/mol. The molecule has 3 unspecified atom stereocenters. The number of hydrogen-bond acceptors (Lipinski definition) is 3. The van der Waals surface area contributed by atoms with Gasteiger partial charge in [0.15, 0.2) is 0 Å². The lowest BCUT2D eigenvalue weighted by Crippen LogP contribution is -2.60. The first-order chi connectivity index (χ1) is 7.64. The molecule has 3 nitrogen and oxygen atoms in total. The Balaban J connectivity index is 2.07. The van der Waals surface area contributed by atoms with E-state index in [1.54, 1.807) is 0 Å². The highest BCUT2D eigenvalue weighted by atomic mass is 15.2. The third-order valence-corrected chi connectivity index (χ3v) is 5.29. The summed E-state index contributed by atoms with van der Waals surface area (Å²) in [5, 5.41) is 0. The molecule has 2 fully saturated rings. The van der Waals surface area contributed by atoms with Gasteiger partial charge in [-0.2, -0.15) is 0 Å². The maximum atomic E-state index is 6.00. The Morgan fingerprint density at radius 2 is 2.00 bits per heavy atom. The van der Waals surface area contributed by atoms with E-state index in [1.165, 1.54) is 32.4 Å². The van der Waals surface area contributed by atoms with Crippen LogP contribution in [0.3, 0.4) is 0 Å². The average molecular weight is 225 g/mol. The van der Waals surface area contributed by atoms with Crippen molar-refractivity contribution in [1.82, 2.24) is 4.90 Å². The number of nitrogens with two attached hydrogens (primary N) is 2. The van der Waals surface area contributed by atoms with E-state index in [2.05, 4.69) is 18.7 Å². The van der Waals surface area contributed by atoms with Crippen LogP contribution in [-0.2, 0) is 0 Å². The minimum absolute atomic E-state index is 0.508. The Morgan fingerprint density at radius 1 is 1.31 bits per heavy atom. The number of nitrogens with zero attached hydrogens (tertiary/aromatic N) is 1. The molecule has 0 radical (unpaired) electrons. The minimum atomic E-state index is 0.508. The first kappa shape index (κ1) is 12.3. The molecule has 2 aliphatic rings. The maximum absolute atomic E-state index is 6.00. The summed E-state index contributed by atoms with van der Waals surface area (Å²) in [6, 6.07) is 0.508. The Morgan fingerprint density at radius 3 is 2.44 bits per heavy atom. The van der Waals surface area contributed by atoms with Crippen molar-refractivity contribution in [3.63, 3.8) is 0 Å². The predicted molar refractivity (Wildman–Crippen MR) is 68.1 cm³/mol. The predicted octanol–water partition coefficient (Wildman–Crippen LogP) is 1.03. The minimum Gasteiger partial charge on any atom is -0.330 e.